The van der Waals surface area contributed by atoms with Crippen LogP contribution in [0.4, 0.5) is 0 Å². The molecule has 3 nitrogen and oxygen atoms in total. The van der Waals surface area contributed by atoms with E-state index in [0.717, 1.165) is 13.0 Å². The summed E-state index contributed by atoms with van der Waals surface area (Å²) in [5.74, 6) is 2.53. The Hall–Kier alpha value is 0.160. The maximum absolute atomic E-state index is 10.6. The van der Waals surface area contributed by atoms with E-state index < -0.39 is 11.1 Å². The first-order valence-corrected chi connectivity index (χ1v) is 8.21. The molecule has 92 valence electrons. The lowest BCUT2D eigenvalue weighted by Gasteiger charge is -2.34. The normalized spacial score (nSPS) is 31.2. The summed E-state index contributed by atoms with van der Waals surface area (Å²) in [6.07, 6.45) is 6.83. The Morgan fingerprint density at radius 2 is 2.06 bits per heavy atom. The number of hydrogen-bond donors (Lipinski definition) is 1. The molecule has 0 spiro atoms. The molecule has 2 atom stereocenters. The van der Waals surface area contributed by atoms with E-state index in [1.165, 1.54) is 36.2 Å². The van der Waals surface area contributed by atoms with Crippen molar-refractivity contribution in [3.05, 3.63) is 11.5 Å². The minimum absolute atomic E-state index is 0.393. The van der Waals surface area contributed by atoms with Crippen LogP contribution in [0.1, 0.15) is 25.7 Å². The highest BCUT2D eigenvalue weighted by molar-refractivity contribution is 7.99. The van der Waals surface area contributed by atoms with Crippen molar-refractivity contribution in [3.63, 3.8) is 0 Å². The molecule has 0 aliphatic carbocycles. The predicted octanol–water partition coefficient (Wildman–Crippen LogP) is 2.08. The van der Waals surface area contributed by atoms with Crippen LogP contribution in [0, 0.1) is 0 Å². The van der Waals surface area contributed by atoms with Crippen molar-refractivity contribution >= 4 is 22.8 Å². The van der Waals surface area contributed by atoms with Crippen LogP contribution < -0.4 is 0 Å². The summed E-state index contributed by atoms with van der Waals surface area (Å²) in [5.41, 5.74) is 0. The van der Waals surface area contributed by atoms with Gasteiger partial charge in [0.2, 0.25) is 0 Å². The molecule has 0 radical (unpaired) electrons. The van der Waals surface area contributed by atoms with Crippen molar-refractivity contribution in [1.29, 1.82) is 0 Å². The Morgan fingerprint density at radius 1 is 1.31 bits per heavy atom. The molecule has 16 heavy (non-hydrogen) atoms. The molecular formula is C11H19NO2S2. The number of thioether (sulfide) groups is 1. The Labute approximate surface area is 104 Å². The zero-order valence-electron chi connectivity index (χ0n) is 9.38. The average Bonchev–Trinajstić information content (AvgIpc) is 2.75. The molecule has 5 heteroatoms. The zero-order valence-corrected chi connectivity index (χ0v) is 11.0. The van der Waals surface area contributed by atoms with E-state index in [1.54, 1.807) is 0 Å². The highest BCUT2D eigenvalue weighted by Crippen LogP contribution is 2.28. The number of hydrogen-bond acceptors (Lipinski definition) is 3. The SMILES string of the molecule is O=S(O)/C=C/C1CCCN1C1CCSCC1. The van der Waals surface area contributed by atoms with Gasteiger partial charge in [0.15, 0.2) is 11.1 Å². The summed E-state index contributed by atoms with van der Waals surface area (Å²) in [7, 11) is 0. The van der Waals surface area contributed by atoms with Gasteiger partial charge in [0, 0.05) is 17.5 Å². The van der Waals surface area contributed by atoms with E-state index in [4.69, 9.17) is 4.55 Å². The van der Waals surface area contributed by atoms with Crippen molar-refractivity contribution < 1.29 is 8.76 Å². The van der Waals surface area contributed by atoms with Crippen LogP contribution in [-0.2, 0) is 11.1 Å². The molecule has 0 aromatic heterocycles. The van der Waals surface area contributed by atoms with E-state index in [9.17, 15) is 4.21 Å². The van der Waals surface area contributed by atoms with Crippen molar-refractivity contribution in [1.82, 2.24) is 4.90 Å². The third-order valence-electron chi connectivity index (χ3n) is 3.42. The first kappa shape index (κ1) is 12.6. The second-order valence-corrected chi connectivity index (χ2v) is 6.44. The standard InChI is InChI=1S/C11H19NO2S2/c13-16(14)9-5-10-2-1-6-12(10)11-3-7-15-8-4-11/h5,9-11H,1-4,6-8H2,(H,13,14)/b9-5+. The Kier molecular flexibility index (Phi) is 4.88. The second-order valence-electron chi connectivity index (χ2n) is 4.40. The second kappa shape index (κ2) is 6.19. The van der Waals surface area contributed by atoms with Gasteiger partial charge in [0.1, 0.15) is 0 Å². The summed E-state index contributed by atoms with van der Waals surface area (Å²) < 4.78 is 19.4. The smallest absolute Gasteiger partial charge is 0.178 e. The van der Waals surface area contributed by atoms with Crippen molar-refractivity contribution in [2.45, 2.75) is 37.8 Å². The van der Waals surface area contributed by atoms with E-state index in [-0.39, 0.29) is 0 Å². The molecule has 2 saturated heterocycles. The lowest BCUT2D eigenvalue weighted by atomic mass is 10.1. The van der Waals surface area contributed by atoms with E-state index >= 15 is 0 Å². The molecule has 1 N–H and O–H groups in total. The van der Waals surface area contributed by atoms with Crippen LogP contribution in [0.2, 0.25) is 0 Å². The molecule has 2 fully saturated rings. The van der Waals surface area contributed by atoms with Crippen LogP contribution in [-0.4, -0.2) is 43.8 Å². The average molecular weight is 261 g/mol. The number of nitrogens with zero attached hydrogens (tertiary/aromatic N) is 1. The largest absolute Gasteiger partial charge is 0.303 e. The van der Waals surface area contributed by atoms with Gasteiger partial charge in [-0.2, -0.15) is 11.8 Å². The van der Waals surface area contributed by atoms with Gasteiger partial charge in [-0.1, -0.05) is 6.08 Å². The molecule has 2 aliphatic heterocycles. The Balaban J connectivity index is 1.94. The van der Waals surface area contributed by atoms with Crippen LogP contribution in [0.5, 0.6) is 0 Å². The maximum Gasteiger partial charge on any atom is 0.178 e. The third kappa shape index (κ3) is 3.32. The molecule has 2 rings (SSSR count). The quantitative estimate of drug-likeness (QED) is 0.790. The summed E-state index contributed by atoms with van der Waals surface area (Å²) in [4.78, 5) is 2.53. The fraction of sp³-hybridized carbons (Fsp3) is 0.818. The lowest BCUT2D eigenvalue weighted by Crippen LogP contribution is -2.40. The Morgan fingerprint density at radius 3 is 2.75 bits per heavy atom. The van der Waals surface area contributed by atoms with Gasteiger partial charge in [-0.3, -0.25) is 4.90 Å². The van der Waals surface area contributed by atoms with Gasteiger partial charge in [-0.05, 0) is 43.7 Å². The minimum Gasteiger partial charge on any atom is -0.303 e. The molecule has 2 unspecified atom stereocenters. The molecule has 0 aromatic carbocycles. The maximum atomic E-state index is 10.6. The van der Waals surface area contributed by atoms with Crippen LogP contribution in [0.15, 0.2) is 11.5 Å². The zero-order chi connectivity index (χ0) is 11.4. The van der Waals surface area contributed by atoms with Gasteiger partial charge in [0.05, 0.1) is 0 Å². The molecule has 2 aliphatic rings. The monoisotopic (exact) mass is 261 g/mol. The fourth-order valence-electron chi connectivity index (χ4n) is 2.65. The topological polar surface area (TPSA) is 40.5 Å². The molecule has 0 amide bonds. The first-order chi connectivity index (χ1) is 7.77. The Bertz CT molecular complexity index is 277. The van der Waals surface area contributed by atoms with Gasteiger partial charge < -0.3 is 4.55 Å². The number of rotatable bonds is 3. The van der Waals surface area contributed by atoms with Gasteiger partial charge in [0.25, 0.3) is 0 Å². The molecule has 0 aromatic rings. The summed E-state index contributed by atoms with van der Waals surface area (Å²) in [6.45, 7) is 1.16. The molecule has 2 heterocycles. The highest BCUT2D eigenvalue weighted by atomic mass is 32.2. The summed E-state index contributed by atoms with van der Waals surface area (Å²) in [5, 5.41) is 1.42. The fourth-order valence-corrected chi connectivity index (χ4v) is 4.05. The third-order valence-corrected chi connectivity index (χ3v) is 4.86. The van der Waals surface area contributed by atoms with E-state index in [2.05, 4.69) is 4.90 Å². The van der Waals surface area contributed by atoms with Gasteiger partial charge in [-0.15, -0.1) is 0 Å². The molecule has 0 saturated carbocycles. The lowest BCUT2D eigenvalue weighted by molar-refractivity contribution is 0.194. The molecule has 0 bridgehead atoms. The van der Waals surface area contributed by atoms with Crippen LogP contribution in [0.3, 0.4) is 0 Å². The number of likely N-dealkylation sites (tertiary alicyclic amines) is 1. The van der Waals surface area contributed by atoms with Crippen molar-refractivity contribution in [3.8, 4) is 0 Å². The van der Waals surface area contributed by atoms with E-state index in [1.807, 2.05) is 17.8 Å². The van der Waals surface area contributed by atoms with Crippen LogP contribution >= 0.6 is 11.8 Å². The van der Waals surface area contributed by atoms with Gasteiger partial charge in [-0.25, -0.2) is 4.21 Å². The predicted molar refractivity (Wildman–Crippen MR) is 70.0 cm³/mol. The van der Waals surface area contributed by atoms with Crippen LogP contribution in [0.25, 0.3) is 0 Å². The summed E-state index contributed by atoms with van der Waals surface area (Å²) >= 11 is 0.251. The highest BCUT2D eigenvalue weighted by Gasteiger charge is 2.29. The summed E-state index contributed by atoms with van der Waals surface area (Å²) in [6, 6.07) is 1.09. The molecular weight excluding hydrogens is 242 g/mol. The van der Waals surface area contributed by atoms with E-state index in [0.29, 0.717) is 12.1 Å². The van der Waals surface area contributed by atoms with Crippen molar-refractivity contribution in [2.24, 2.45) is 0 Å². The first-order valence-electron chi connectivity index (χ1n) is 5.89. The van der Waals surface area contributed by atoms with Crippen molar-refractivity contribution in [2.75, 3.05) is 18.1 Å². The minimum atomic E-state index is -1.79. The van der Waals surface area contributed by atoms with Gasteiger partial charge >= 0.3 is 0 Å².